The molecule has 118 valence electrons. The molecule has 0 radical (unpaired) electrons. The summed E-state index contributed by atoms with van der Waals surface area (Å²) in [4.78, 5) is 31.2. The van der Waals surface area contributed by atoms with Gasteiger partial charge in [-0.15, -0.1) is 0 Å². The highest BCUT2D eigenvalue weighted by Crippen LogP contribution is 2.26. The van der Waals surface area contributed by atoms with Crippen LogP contribution in [0.4, 0.5) is 4.79 Å². The molecule has 0 bridgehead atoms. The van der Waals surface area contributed by atoms with Crippen molar-refractivity contribution in [3.8, 4) is 0 Å². The predicted molar refractivity (Wildman–Crippen MR) is 77.4 cm³/mol. The number of hydrogen-bond donors (Lipinski definition) is 1. The average Bonchev–Trinajstić information content (AvgIpc) is 2.50. The van der Waals surface area contributed by atoms with Crippen molar-refractivity contribution < 1.29 is 24.3 Å². The van der Waals surface area contributed by atoms with Crippen LogP contribution in [0, 0.1) is 5.92 Å². The van der Waals surface area contributed by atoms with E-state index in [4.69, 9.17) is 9.84 Å². The maximum atomic E-state index is 11.7. The Labute approximate surface area is 127 Å². The summed E-state index contributed by atoms with van der Waals surface area (Å²) in [5.41, 5.74) is -0.344. The molecule has 0 saturated heterocycles. The number of carbonyl (C=O) groups is 2. The highest BCUT2D eigenvalue weighted by Gasteiger charge is 2.26. The molecule has 0 aliphatic heterocycles. The van der Waals surface area contributed by atoms with Gasteiger partial charge in [0.15, 0.2) is 0 Å². The van der Waals surface area contributed by atoms with E-state index in [-0.39, 0.29) is 17.7 Å². The number of hydrogen-bond acceptors (Lipinski definition) is 6. The Kier molecular flexibility index (Phi) is 5.46. The third-order valence-corrected chi connectivity index (χ3v) is 3.60. The van der Waals surface area contributed by atoms with Crippen LogP contribution in [0.1, 0.15) is 38.3 Å². The Balaban J connectivity index is 1.98. The molecule has 1 aliphatic rings. The standard InChI is InChI=1S/C15H18N2O5/c1-10-6-2-3-8-12(10)21-15(20)22-17-13(14(18)19)11-7-4-5-9-16-11/h4-5,7,9-10,12H,2-3,6,8H2,1H3,(H,18,19)/b17-13-/t10-,12-/m1/s1. The number of carboxylic acids is 1. The molecule has 1 fully saturated rings. The molecule has 1 aromatic rings. The molecule has 7 heteroatoms. The second-order valence-corrected chi connectivity index (χ2v) is 5.22. The zero-order chi connectivity index (χ0) is 15.9. The maximum absolute atomic E-state index is 11.7. The third kappa shape index (κ3) is 4.28. The summed E-state index contributed by atoms with van der Waals surface area (Å²) in [6.45, 7) is 2.01. The van der Waals surface area contributed by atoms with Crippen molar-refractivity contribution >= 4 is 17.8 Å². The first-order chi connectivity index (χ1) is 10.6. The van der Waals surface area contributed by atoms with E-state index in [1.807, 2.05) is 6.92 Å². The number of carbonyl (C=O) groups excluding carboxylic acids is 1. The van der Waals surface area contributed by atoms with Crippen molar-refractivity contribution in [2.75, 3.05) is 0 Å². The molecule has 1 aromatic heterocycles. The van der Waals surface area contributed by atoms with Crippen molar-refractivity contribution in [1.29, 1.82) is 0 Å². The molecule has 22 heavy (non-hydrogen) atoms. The maximum Gasteiger partial charge on any atom is 0.535 e. The number of carboxylic acid groups (broad SMARTS) is 1. The van der Waals surface area contributed by atoms with Gasteiger partial charge in [0.2, 0.25) is 5.71 Å². The minimum Gasteiger partial charge on any atom is -0.476 e. The molecule has 7 nitrogen and oxygen atoms in total. The number of pyridine rings is 1. The number of nitrogens with zero attached hydrogens (tertiary/aromatic N) is 2. The van der Waals surface area contributed by atoms with Crippen LogP contribution >= 0.6 is 0 Å². The van der Waals surface area contributed by atoms with Crippen LogP contribution in [-0.4, -0.2) is 34.0 Å². The minimum absolute atomic E-state index is 0.105. The molecule has 1 saturated carbocycles. The lowest BCUT2D eigenvalue weighted by atomic mass is 9.88. The summed E-state index contributed by atoms with van der Waals surface area (Å²) in [5, 5.41) is 12.5. The first-order valence-electron chi connectivity index (χ1n) is 7.18. The number of rotatable bonds is 4. The lowest BCUT2D eigenvalue weighted by Crippen LogP contribution is -2.28. The van der Waals surface area contributed by atoms with Gasteiger partial charge in [-0.2, -0.15) is 0 Å². The average molecular weight is 306 g/mol. The number of oxime groups is 1. The lowest BCUT2D eigenvalue weighted by Gasteiger charge is -2.27. The Bertz CT molecular complexity index is 558. The Morgan fingerprint density at radius 1 is 1.32 bits per heavy atom. The molecule has 1 heterocycles. The number of ether oxygens (including phenoxy) is 1. The molecule has 0 aromatic carbocycles. The molecular weight excluding hydrogens is 288 g/mol. The zero-order valence-electron chi connectivity index (χ0n) is 12.3. The van der Waals surface area contributed by atoms with E-state index in [1.54, 1.807) is 12.1 Å². The minimum atomic E-state index is -1.34. The second kappa shape index (κ2) is 7.53. The summed E-state index contributed by atoms with van der Waals surface area (Å²) in [6.07, 6.45) is 4.13. The number of aromatic nitrogens is 1. The van der Waals surface area contributed by atoms with Gasteiger partial charge in [-0.1, -0.05) is 24.6 Å². The van der Waals surface area contributed by atoms with Gasteiger partial charge < -0.3 is 9.84 Å². The lowest BCUT2D eigenvalue weighted by molar-refractivity contribution is -0.129. The summed E-state index contributed by atoms with van der Waals surface area (Å²) >= 11 is 0. The van der Waals surface area contributed by atoms with E-state index in [0.29, 0.717) is 0 Å². The van der Waals surface area contributed by atoms with Crippen molar-refractivity contribution in [3.63, 3.8) is 0 Å². The van der Waals surface area contributed by atoms with Gasteiger partial charge in [-0.3, -0.25) is 9.82 Å². The van der Waals surface area contributed by atoms with Crippen LogP contribution < -0.4 is 0 Å². The molecule has 1 aliphatic carbocycles. The second-order valence-electron chi connectivity index (χ2n) is 5.22. The highest BCUT2D eigenvalue weighted by atomic mass is 16.8. The largest absolute Gasteiger partial charge is 0.535 e. The first-order valence-corrected chi connectivity index (χ1v) is 7.18. The van der Waals surface area contributed by atoms with Crippen LogP contribution in [0.5, 0.6) is 0 Å². The van der Waals surface area contributed by atoms with Crippen LogP contribution in [0.2, 0.25) is 0 Å². The van der Waals surface area contributed by atoms with Gasteiger partial charge in [-0.25, -0.2) is 9.59 Å². The van der Waals surface area contributed by atoms with Gasteiger partial charge in [0.05, 0.1) is 5.69 Å². The zero-order valence-corrected chi connectivity index (χ0v) is 12.3. The molecule has 0 amide bonds. The van der Waals surface area contributed by atoms with Crippen molar-refractivity contribution in [2.24, 2.45) is 11.1 Å². The number of aliphatic carboxylic acids is 1. The quantitative estimate of drug-likeness (QED) is 0.397. The van der Waals surface area contributed by atoms with Gasteiger partial charge in [0, 0.05) is 6.20 Å². The Hall–Kier alpha value is -2.44. The fraction of sp³-hybridized carbons (Fsp3) is 0.467. The first kappa shape index (κ1) is 15.9. The SMILES string of the molecule is C[C@@H]1CCCC[C@H]1OC(=O)O/N=C(\C(=O)O)c1ccccn1. The van der Waals surface area contributed by atoms with Gasteiger partial charge >= 0.3 is 12.1 Å². The fourth-order valence-corrected chi connectivity index (χ4v) is 2.38. The third-order valence-electron chi connectivity index (χ3n) is 3.60. The predicted octanol–water partition coefficient (Wildman–Crippen LogP) is 2.60. The van der Waals surface area contributed by atoms with E-state index in [1.165, 1.54) is 12.3 Å². The summed E-state index contributed by atoms with van der Waals surface area (Å²) in [7, 11) is 0. The summed E-state index contributed by atoms with van der Waals surface area (Å²) in [5.74, 6) is -1.07. The van der Waals surface area contributed by atoms with E-state index in [2.05, 4.69) is 15.0 Å². The normalized spacial score (nSPS) is 22.0. The van der Waals surface area contributed by atoms with Crippen LogP contribution in [-0.2, 0) is 14.4 Å². The highest BCUT2D eigenvalue weighted by molar-refractivity contribution is 6.41. The molecule has 2 atom stereocenters. The van der Waals surface area contributed by atoms with Crippen LogP contribution in [0.3, 0.4) is 0 Å². The van der Waals surface area contributed by atoms with Crippen LogP contribution in [0.15, 0.2) is 29.6 Å². The molecule has 0 unspecified atom stereocenters. The van der Waals surface area contributed by atoms with Gasteiger partial charge in [-0.05, 0) is 37.3 Å². The summed E-state index contributed by atoms with van der Waals surface area (Å²) < 4.78 is 5.19. The van der Waals surface area contributed by atoms with E-state index >= 15 is 0 Å². The van der Waals surface area contributed by atoms with Crippen molar-refractivity contribution in [2.45, 2.75) is 38.7 Å². The van der Waals surface area contributed by atoms with Crippen molar-refractivity contribution in [3.05, 3.63) is 30.1 Å². The molecular formula is C15H18N2O5. The van der Waals surface area contributed by atoms with E-state index < -0.39 is 17.8 Å². The monoisotopic (exact) mass is 306 g/mol. The molecule has 1 N–H and O–H groups in total. The summed E-state index contributed by atoms with van der Waals surface area (Å²) in [6, 6.07) is 4.72. The Morgan fingerprint density at radius 3 is 2.73 bits per heavy atom. The Morgan fingerprint density at radius 2 is 2.09 bits per heavy atom. The van der Waals surface area contributed by atoms with Crippen LogP contribution in [0.25, 0.3) is 0 Å². The smallest absolute Gasteiger partial charge is 0.476 e. The fourth-order valence-electron chi connectivity index (χ4n) is 2.38. The topological polar surface area (TPSA) is 98.1 Å². The van der Waals surface area contributed by atoms with Gasteiger partial charge in [0.25, 0.3) is 0 Å². The van der Waals surface area contributed by atoms with Crippen molar-refractivity contribution in [1.82, 2.24) is 4.98 Å². The van der Waals surface area contributed by atoms with E-state index in [0.717, 1.165) is 25.7 Å². The molecule has 2 rings (SSSR count). The molecule has 0 spiro atoms. The van der Waals surface area contributed by atoms with E-state index in [9.17, 15) is 9.59 Å². The van der Waals surface area contributed by atoms with Gasteiger partial charge in [0.1, 0.15) is 6.10 Å².